The van der Waals surface area contributed by atoms with E-state index in [4.69, 9.17) is 34.8 Å². The van der Waals surface area contributed by atoms with Gasteiger partial charge in [-0.15, -0.1) is 0 Å². The Morgan fingerprint density at radius 3 is 2.56 bits per heavy atom. The molecular formula is C12H10Cl3NO2. The van der Waals surface area contributed by atoms with Crippen molar-refractivity contribution in [2.75, 3.05) is 5.32 Å². The average molecular weight is 307 g/mol. The molecule has 0 aliphatic heterocycles. The molecule has 1 aromatic rings. The molecule has 0 heterocycles. The minimum Gasteiger partial charge on any atom is -0.325 e. The molecule has 3 nitrogen and oxygen atoms in total. The van der Waals surface area contributed by atoms with Crippen LogP contribution in [-0.2, 0) is 9.59 Å². The number of halogens is 3. The summed E-state index contributed by atoms with van der Waals surface area (Å²) < 4.78 is -0.171. The molecule has 0 spiro atoms. The molecule has 0 unspecified atom stereocenters. The summed E-state index contributed by atoms with van der Waals surface area (Å²) in [6.45, 7) is 1.80. The summed E-state index contributed by atoms with van der Waals surface area (Å²) in [7, 11) is 0. The highest BCUT2D eigenvalue weighted by atomic mass is 35.5. The number of benzene rings is 1. The van der Waals surface area contributed by atoms with E-state index < -0.39 is 11.7 Å². The first-order chi connectivity index (χ1) is 8.38. The maximum atomic E-state index is 11.6. The van der Waals surface area contributed by atoms with Gasteiger partial charge in [-0.25, -0.2) is 0 Å². The zero-order valence-electron chi connectivity index (χ0n) is 9.47. The van der Waals surface area contributed by atoms with Crippen LogP contribution in [0.5, 0.6) is 0 Å². The molecule has 1 rings (SSSR count). The Morgan fingerprint density at radius 2 is 2.00 bits per heavy atom. The minimum absolute atomic E-state index is 0.171. The molecule has 0 aliphatic rings. The van der Waals surface area contributed by atoms with Crippen molar-refractivity contribution >= 4 is 52.2 Å². The molecule has 0 bridgehead atoms. The predicted octanol–water partition coefficient (Wildman–Crippen LogP) is 3.87. The fraction of sp³-hybridized carbons (Fsp3) is 0.167. The number of carbonyl (C=O) groups excluding carboxylic acids is 2. The highest BCUT2D eigenvalue weighted by molar-refractivity contribution is 6.56. The van der Waals surface area contributed by atoms with Crippen LogP contribution in [-0.4, -0.2) is 11.7 Å². The summed E-state index contributed by atoms with van der Waals surface area (Å²) >= 11 is 16.4. The lowest BCUT2D eigenvalue weighted by Crippen LogP contribution is -2.16. The van der Waals surface area contributed by atoms with E-state index in [1.54, 1.807) is 25.1 Å². The Morgan fingerprint density at radius 1 is 1.33 bits per heavy atom. The van der Waals surface area contributed by atoms with Gasteiger partial charge in [0.15, 0.2) is 5.78 Å². The van der Waals surface area contributed by atoms with E-state index in [0.29, 0.717) is 10.7 Å². The Hall–Kier alpha value is -1.03. The quantitative estimate of drug-likeness (QED) is 0.678. The predicted molar refractivity (Wildman–Crippen MR) is 74.2 cm³/mol. The Bertz CT molecular complexity index is 508. The highest BCUT2D eigenvalue weighted by Gasteiger charge is 2.09. The van der Waals surface area contributed by atoms with Crippen molar-refractivity contribution in [1.29, 1.82) is 0 Å². The van der Waals surface area contributed by atoms with Gasteiger partial charge >= 0.3 is 0 Å². The number of hydrogen-bond acceptors (Lipinski definition) is 2. The Kier molecular flexibility index (Phi) is 5.66. The maximum absolute atomic E-state index is 11.6. The van der Waals surface area contributed by atoms with Crippen molar-refractivity contribution in [3.8, 4) is 0 Å². The van der Waals surface area contributed by atoms with Gasteiger partial charge in [-0.2, -0.15) is 0 Å². The van der Waals surface area contributed by atoms with Gasteiger partial charge in [0.25, 0.3) is 0 Å². The van der Waals surface area contributed by atoms with Gasteiger partial charge < -0.3 is 5.32 Å². The van der Waals surface area contributed by atoms with Crippen molar-refractivity contribution < 1.29 is 9.59 Å². The smallest absolute Gasteiger partial charge is 0.232 e. The van der Waals surface area contributed by atoms with Crippen LogP contribution < -0.4 is 5.32 Å². The SMILES string of the molecule is Cc1cc(Cl)ccc1NC(=O)CC(=O)C=C(Cl)Cl. The van der Waals surface area contributed by atoms with E-state index in [-0.39, 0.29) is 10.9 Å². The second-order valence-corrected chi connectivity index (χ2v) is 5.03. The topological polar surface area (TPSA) is 46.2 Å². The van der Waals surface area contributed by atoms with Crippen LogP contribution in [0.15, 0.2) is 28.8 Å². The number of carbonyl (C=O) groups is 2. The van der Waals surface area contributed by atoms with Crippen molar-refractivity contribution in [2.24, 2.45) is 0 Å². The molecule has 0 radical (unpaired) electrons. The molecule has 0 atom stereocenters. The van der Waals surface area contributed by atoms with Crippen LogP contribution in [0.1, 0.15) is 12.0 Å². The third kappa shape index (κ3) is 5.08. The number of rotatable bonds is 4. The van der Waals surface area contributed by atoms with Crippen molar-refractivity contribution in [3.05, 3.63) is 39.4 Å². The van der Waals surface area contributed by atoms with E-state index in [0.717, 1.165) is 11.6 Å². The number of anilines is 1. The fourth-order valence-electron chi connectivity index (χ4n) is 1.29. The largest absolute Gasteiger partial charge is 0.325 e. The van der Waals surface area contributed by atoms with Crippen molar-refractivity contribution in [1.82, 2.24) is 0 Å². The standard InChI is InChI=1S/C12H10Cl3NO2/c1-7-4-8(13)2-3-10(7)16-12(18)6-9(17)5-11(14)15/h2-5H,6H2,1H3,(H,16,18). The molecule has 0 saturated heterocycles. The molecule has 1 N–H and O–H groups in total. The van der Waals surface area contributed by atoms with Gasteiger partial charge in [0, 0.05) is 16.8 Å². The summed E-state index contributed by atoms with van der Waals surface area (Å²) in [5, 5.41) is 3.19. The molecule has 0 aliphatic carbocycles. The second-order valence-electron chi connectivity index (χ2n) is 3.58. The zero-order chi connectivity index (χ0) is 13.7. The van der Waals surface area contributed by atoms with Gasteiger partial charge in [0.2, 0.25) is 5.91 Å². The Balaban J connectivity index is 2.65. The highest BCUT2D eigenvalue weighted by Crippen LogP contribution is 2.19. The lowest BCUT2D eigenvalue weighted by Gasteiger charge is -2.07. The molecule has 96 valence electrons. The first-order valence-electron chi connectivity index (χ1n) is 5.00. The average Bonchev–Trinajstić information content (AvgIpc) is 2.20. The van der Waals surface area contributed by atoms with Gasteiger partial charge in [-0.1, -0.05) is 34.8 Å². The first kappa shape index (κ1) is 15.0. The van der Waals surface area contributed by atoms with E-state index in [9.17, 15) is 9.59 Å². The van der Waals surface area contributed by atoms with Gasteiger partial charge in [0.1, 0.15) is 4.49 Å². The third-order valence-electron chi connectivity index (χ3n) is 2.07. The number of nitrogens with one attached hydrogen (secondary N) is 1. The molecule has 0 saturated carbocycles. The van der Waals surface area contributed by atoms with Crippen LogP contribution in [0.4, 0.5) is 5.69 Å². The van der Waals surface area contributed by atoms with Crippen LogP contribution in [0.2, 0.25) is 5.02 Å². The lowest BCUT2D eigenvalue weighted by molar-refractivity contribution is -0.122. The molecule has 1 aromatic carbocycles. The number of amides is 1. The number of aryl methyl sites for hydroxylation is 1. The fourth-order valence-corrected chi connectivity index (χ4v) is 1.76. The van der Waals surface area contributed by atoms with Gasteiger partial charge in [-0.3, -0.25) is 9.59 Å². The van der Waals surface area contributed by atoms with E-state index in [1.807, 2.05) is 0 Å². The van der Waals surface area contributed by atoms with Gasteiger partial charge in [-0.05, 0) is 30.7 Å². The number of allylic oxidation sites excluding steroid dienone is 1. The van der Waals surface area contributed by atoms with Crippen molar-refractivity contribution in [3.63, 3.8) is 0 Å². The van der Waals surface area contributed by atoms with Crippen molar-refractivity contribution in [2.45, 2.75) is 13.3 Å². The number of hydrogen-bond donors (Lipinski definition) is 1. The molecule has 1 amide bonds. The maximum Gasteiger partial charge on any atom is 0.232 e. The molecule has 6 heteroatoms. The summed E-state index contributed by atoms with van der Waals surface area (Å²) in [6, 6.07) is 5.04. The molecule has 0 aromatic heterocycles. The first-order valence-corrected chi connectivity index (χ1v) is 6.13. The van der Waals surface area contributed by atoms with E-state index in [1.165, 1.54) is 0 Å². The monoisotopic (exact) mass is 305 g/mol. The lowest BCUT2D eigenvalue weighted by atomic mass is 10.2. The summed E-state index contributed by atoms with van der Waals surface area (Å²) in [5.74, 6) is -0.893. The van der Waals surface area contributed by atoms with Crippen LogP contribution in [0.3, 0.4) is 0 Å². The summed E-state index contributed by atoms with van der Waals surface area (Å²) in [5.41, 5.74) is 1.42. The number of ketones is 1. The molecule has 0 fully saturated rings. The summed E-state index contributed by atoms with van der Waals surface area (Å²) in [4.78, 5) is 22.8. The normalized spacial score (nSPS) is 9.78. The van der Waals surface area contributed by atoms with Crippen LogP contribution in [0.25, 0.3) is 0 Å². The molecule has 18 heavy (non-hydrogen) atoms. The van der Waals surface area contributed by atoms with Crippen LogP contribution >= 0.6 is 34.8 Å². The van der Waals surface area contributed by atoms with Gasteiger partial charge in [0.05, 0.1) is 6.42 Å². The second kappa shape index (κ2) is 6.78. The van der Waals surface area contributed by atoms with E-state index in [2.05, 4.69) is 5.32 Å². The summed E-state index contributed by atoms with van der Waals surface area (Å²) in [6.07, 6.45) is 0.683. The van der Waals surface area contributed by atoms with Crippen LogP contribution in [0, 0.1) is 6.92 Å². The molecular weight excluding hydrogens is 296 g/mol. The minimum atomic E-state index is -0.459. The Labute approximate surface area is 120 Å². The third-order valence-corrected chi connectivity index (χ3v) is 2.52. The zero-order valence-corrected chi connectivity index (χ0v) is 11.7. The van der Waals surface area contributed by atoms with E-state index >= 15 is 0 Å².